The van der Waals surface area contributed by atoms with Crippen LogP contribution in [0.15, 0.2) is 24.8 Å². The zero-order chi connectivity index (χ0) is 11.3. The van der Waals surface area contributed by atoms with Crippen LogP contribution in [-0.4, -0.2) is 17.0 Å². The monoisotopic (exact) mass is 225 g/mol. The molecule has 0 saturated carbocycles. The second-order valence-electron chi connectivity index (χ2n) is 2.84. The van der Waals surface area contributed by atoms with Crippen LogP contribution in [-0.2, 0) is 4.79 Å². The van der Waals surface area contributed by atoms with Gasteiger partial charge in [-0.15, -0.1) is 17.9 Å². The van der Waals surface area contributed by atoms with E-state index in [0.717, 1.165) is 11.3 Å². The molecular formula is C10H11NO3S. The Bertz CT molecular complexity index is 384. The maximum atomic E-state index is 11.3. The topological polar surface area (TPSA) is 66.4 Å². The number of carbonyl (C=O) groups is 2. The van der Waals surface area contributed by atoms with Gasteiger partial charge in [-0.05, 0) is 18.6 Å². The van der Waals surface area contributed by atoms with Crippen LogP contribution in [0.25, 0.3) is 0 Å². The highest BCUT2D eigenvalue weighted by atomic mass is 32.1. The van der Waals surface area contributed by atoms with Crippen molar-refractivity contribution in [3.05, 3.63) is 29.7 Å². The molecule has 0 bridgehead atoms. The molecule has 0 saturated heterocycles. The van der Waals surface area contributed by atoms with Gasteiger partial charge in [-0.2, -0.15) is 0 Å². The molecule has 5 heteroatoms. The molecule has 1 amide bonds. The summed E-state index contributed by atoms with van der Waals surface area (Å²) in [6.45, 7) is 3.51. The number of hydrogen-bond donors (Lipinski definition) is 2. The summed E-state index contributed by atoms with van der Waals surface area (Å²) >= 11 is 1.05. The summed E-state index contributed by atoms with van der Waals surface area (Å²) < 4.78 is 0. The van der Waals surface area contributed by atoms with Gasteiger partial charge in [0.1, 0.15) is 4.88 Å². The predicted molar refractivity (Wildman–Crippen MR) is 59.3 cm³/mol. The number of nitrogens with one attached hydrogen (secondary N) is 1. The second kappa shape index (κ2) is 5.31. The third-order valence-electron chi connectivity index (χ3n) is 1.65. The van der Waals surface area contributed by atoms with E-state index in [9.17, 15) is 9.59 Å². The zero-order valence-corrected chi connectivity index (χ0v) is 8.84. The van der Waals surface area contributed by atoms with Crippen LogP contribution in [0.1, 0.15) is 22.5 Å². The molecule has 0 radical (unpaired) electrons. The first kappa shape index (κ1) is 11.5. The second-order valence-corrected chi connectivity index (χ2v) is 3.93. The van der Waals surface area contributed by atoms with Crippen molar-refractivity contribution in [2.45, 2.75) is 12.8 Å². The molecule has 80 valence electrons. The van der Waals surface area contributed by atoms with E-state index in [1.165, 1.54) is 6.07 Å². The average Bonchev–Trinajstić information content (AvgIpc) is 2.63. The number of amides is 1. The Morgan fingerprint density at radius 2 is 2.27 bits per heavy atom. The van der Waals surface area contributed by atoms with Crippen LogP contribution in [0, 0.1) is 0 Å². The minimum Gasteiger partial charge on any atom is -0.477 e. The SMILES string of the molecule is C=CCCC(=O)Nc1ccc(C(=O)O)s1. The van der Waals surface area contributed by atoms with E-state index in [2.05, 4.69) is 11.9 Å². The van der Waals surface area contributed by atoms with E-state index in [0.29, 0.717) is 17.8 Å². The Morgan fingerprint density at radius 3 is 2.80 bits per heavy atom. The quantitative estimate of drug-likeness (QED) is 0.756. The van der Waals surface area contributed by atoms with Crippen LogP contribution in [0.5, 0.6) is 0 Å². The van der Waals surface area contributed by atoms with Gasteiger partial charge in [-0.3, -0.25) is 4.79 Å². The van der Waals surface area contributed by atoms with Gasteiger partial charge in [0.25, 0.3) is 0 Å². The molecule has 0 aliphatic carbocycles. The van der Waals surface area contributed by atoms with Gasteiger partial charge in [-0.1, -0.05) is 6.08 Å². The van der Waals surface area contributed by atoms with Gasteiger partial charge >= 0.3 is 5.97 Å². The molecule has 0 aliphatic heterocycles. The molecule has 15 heavy (non-hydrogen) atoms. The van der Waals surface area contributed by atoms with E-state index < -0.39 is 5.97 Å². The molecule has 1 rings (SSSR count). The van der Waals surface area contributed by atoms with Gasteiger partial charge in [0.15, 0.2) is 0 Å². The summed E-state index contributed by atoms with van der Waals surface area (Å²) in [6.07, 6.45) is 2.64. The number of carboxylic acids is 1. The van der Waals surface area contributed by atoms with Gasteiger partial charge in [-0.25, -0.2) is 4.79 Å². The normalized spacial score (nSPS) is 9.60. The lowest BCUT2D eigenvalue weighted by Crippen LogP contribution is -2.09. The Kier molecular flexibility index (Phi) is 4.05. The van der Waals surface area contributed by atoms with Crippen LogP contribution in [0.4, 0.5) is 5.00 Å². The van der Waals surface area contributed by atoms with Gasteiger partial charge in [0.2, 0.25) is 5.91 Å². The molecule has 0 fully saturated rings. The number of allylic oxidation sites excluding steroid dienone is 1. The minimum atomic E-state index is -0.980. The maximum Gasteiger partial charge on any atom is 0.345 e. The lowest BCUT2D eigenvalue weighted by atomic mass is 10.3. The molecule has 0 aromatic carbocycles. The first-order valence-corrected chi connectivity index (χ1v) is 5.19. The number of rotatable bonds is 5. The van der Waals surface area contributed by atoms with Gasteiger partial charge < -0.3 is 10.4 Å². The Labute approximate surface area is 91.2 Å². The standard InChI is InChI=1S/C10H11NO3S/c1-2-3-4-8(12)11-9-6-5-7(15-9)10(13)14/h2,5-6H,1,3-4H2,(H,11,12)(H,13,14). The summed E-state index contributed by atoms with van der Waals surface area (Å²) in [6, 6.07) is 3.05. The number of aromatic carboxylic acids is 1. The van der Waals surface area contributed by atoms with Crippen molar-refractivity contribution in [3.8, 4) is 0 Å². The van der Waals surface area contributed by atoms with Crippen LogP contribution >= 0.6 is 11.3 Å². The van der Waals surface area contributed by atoms with Crippen LogP contribution in [0.3, 0.4) is 0 Å². The fourth-order valence-electron chi connectivity index (χ4n) is 0.953. The van der Waals surface area contributed by atoms with Crippen molar-refractivity contribution in [2.24, 2.45) is 0 Å². The number of hydrogen-bond acceptors (Lipinski definition) is 3. The molecule has 4 nitrogen and oxygen atoms in total. The molecule has 1 aromatic rings. The Hall–Kier alpha value is -1.62. The summed E-state index contributed by atoms with van der Waals surface area (Å²) in [4.78, 5) is 22.0. The van der Waals surface area contributed by atoms with Crippen molar-refractivity contribution in [2.75, 3.05) is 5.32 Å². The molecule has 0 spiro atoms. The molecule has 1 heterocycles. The van der Waals surface area contributed by atoms with Crippen LogP contribution < -0.4 is 5.32 Å². The fraction of sp³-hybridized carbons (Fsp3) is 0.200. The molecule has 0 unspecified atom stereocenters. The lowest BCUT2D eigenvalue weighted by Gasteiger charge is -1.99. The molecule has 1 aromatic heterocycles. The van der Waals surface area contributed by atoms with Crippen molar-refractivity contribution < 1.29 is 14.7 Å². The minimum absolute atomic E-state index is 0.131. The number of anilines is 1. The smallest absolute Gasteiger partial charge is 0.345 e. The van der Waals surface area contributed by atoms with E-state index >= 15 is 0 Å². The highest BCUT2D eigenvalue weighted by Gasteiger charge is 2.08. The van der Waals surface area contributed by atoms with Crippen molar-refractivity contribution in [3.63, 3.8) is 0 Å². The first-order chi connectivity index (χ1) is 7.13. The van der Waals surface area contributed by atoms with Gasteiger partial charge in [0.05, 0.1) is 5.00 Å². The Morgan fingerprint density at radius 1 is 1.53 bits per heavy atom. The molecule has 0 aliphatic rings. The zero-order valence-electron chi connectivity index (χ0n) is 8.03. The third kappa shape index (κ3) is 3.55. The van der Waals surface area contributed by atoms with Crippen molar-refractivity contribution in [1.29, 1.82) is 0 Å². The lowest BCUT2D eigenvalue weighted by molar-refractivity contribution is -0.116. The van der Waals surface area contributed by atoms with E-state index in [-0.39, 0.29) is 10.8 Å². The highest BCUT2D eigenvalue weighted by molar-refractivity contribution is 7.18. The number of carbonyl (C=O) groups excluding carboxylic acids is 1. The predicted octanol–water partition coefficient (Wildman–Crippen LogP) is 2.35. The van der Waals surface area contributed by atoms with E-state index in [4.69, 9.17) is 5.11 Å². The summed E-state index contributed by atoms with van der Waals surface area (Å²) in [7, 11) is 0. The Balaban J connectivity index is 2.53. The number of carboxylic acid groups (broad SMARTS) is 1. The maximum absolute atomic E-state index is 11.3. The van der Waals surface area contributed by atoms with Crippen molar-refractivity contribution >= 4 is 28.2 Å². The van der Waals surface area contributed by atoms with E-state index in [1.54, 1.807) is 12.1 Å². The summed E-state index contributed by atoms with van der Waals surface area (Å²) in [5.41, 5.74) is 0. The highest BCUT2D eigenvalue weighted by Crippen LogP contribution is 2.21. The fourth-order valence-corrected chi connectivity index (χ4v) is 1.71. The third-order valence-corrected chi connectivity index (χ3v) is 2.64. The number of thiophene rings is 1. The average molecular weight is 225 g/mol. The molecule has 0 atom stereocenters. The van der Waals surface area contributed by atoms with E-state index in [1.807, 2.05) is 0 Å². The largest absolute Gasteiger partial charge is 0.477 e. The first-order valence-electron chi connectivity index (χ1n) is 4.37. The molecule has 2 N–H and O–H groups in total. The van der Waals surface area contributed by atoms with Crippen molar-refractivity contribution in [1.82, 2.24) is 0 Å². The van der Waals surface area contributed by atoms with Crippen LogP contribution in [0.2, 0.25) is 0 Å². The molecular weight excluding hydrogens is 214 g/mol. The summed E-state index contributed by atoms with van der Waals surface area (Å²) in [5.74, 6) is -1.11. The van der Waals surface area contributed by atoms with Gasteiger partial charge in [0, 0.05) is 6.42 Å². The summed E-state index contributed by atoms with van der Waals surface area (Å²) in [5, 5.41) is 11.8.